The van der Waals surface area contributed by atoms with Crippen LogP contribution < -0.4 is 5.56 Å². The molecule has 0 spiro atoms. The number of likely N-dealkylation sites (tertiary alicyclic amines) is 1. The molecule has 7 heteroatoms. The highest BCUT2D eigenvalue weighted by atomic mass is 35.5. The van der Waals surface area contributed by atoms with Crippen LogP contribution in [0.15, 0.2) is 54.1 Å². The fourth-order valence-corrected chi connectivity index (χ4v) is 4.00. The molecule has 0 saturated carbocycles. The fraction of sp³-hybridized carbons (Fsp3) is 0.318. The van der Waals surface area contributed by atoms with Gasteiger partial charge in [0.2, 0.25) is 5.65 Å². The van der Waals surface area contributed by atoms with Gasteiger partial charge in [-0.2, -0.15) is 0 Å². The number of carbonyl (C=O) groups excluding carboxylic acids is 1. The summed E-state index contributed by atoms with van der Waals surface area (Å²) in [4.78, 5) is 32.3. The molecule has 150 valence electrons. The van der Waals surface area contributed by atoms with E-state index in [1.165, 1.54) is 0 Å². The fourth-order valence-electron chi connectivity index (χ4n) is 3.81. The van der Waals surface area contributed by atoms with Crippen LogP contribution in [-0.2, 0) is 6.54 Å². The number of allylic oxidation sites excluding steroid dienone is 1. The van der Waals surface area contributed by atoms with Gasteiger partial charge < -0.3 is 4.90 Å². The monoisotopic (exact) mass is 410 g/mol. The number of amides is 1. The van der Waals surface area contributed by atoms with Crippen LogP contribution >= 0.6 is 11.6 Å². The molecular weight excluding hydrogens is 388 g/mol. The third-order valence-electron chi connectivity index (χ3n) is 5.27. The van der Waals surface area contributed by atoms with Crippen LogP contribution in [-0.4, -0.2) is 37.8 Å². The Morgan fingerprint density at radius 3 is 2.62 bits per heavy atom. The van der Waals surface area contributed by atoms with Crippen LogP contribution in [0.2, 0.25) is 5.02 Å². The Labute approximate surface area is 174 Å². The number of hydrogen-bond donors (Lipinski definition) is 0. The Kier molecular flexibility index (Phi) is 5.53. The number of fused-ring (bicyclic) bond motifs is 1. The van der Waals surface area contributed by atoms with Gasteiger partial charge in [0.15, 0.2) is 0 Å². The van der Waals surface area contributed by atoms with E-state index in [1.54, 1.807) is 27.3 Å². The molecule has 3 aromatic rings. The van der Waals surface area contributed by atoms with E-state index in [0.29, 0.717) is 23.0 Å². The van der Waals surface area contributed by atoms with E-state index >= 15 is 0 Å². The second-order valence-corrected chi connectivity index (χ2v) is 7.73. The first-order valence-corrected chi connectivity index (χ1v) is 10.2. The minimum Gasteiger partial charge on any atom is -0.337 e. The topological polar surface area (TPSA) is 59.6 Å². The highest BCUT2D eigenvalue weighted by molar-refractivity contribution is 6.30. The number of halogens is 1. The van der Waals surface area contributed by atoms with E-state index in [-0.39, 0.29) is 17.1 Å². The molecule has 0 unspecified atom stereocenters. The summed E-state index contributed by atoms with van der Waals surface area (Å²) in [5, 5.41) is 0.586. The molecule has 2 aromatic heterocycles. The lowest BCUT2D eigenvalue weighted by molar-refractivity contribution is 0.0756. The van der Waals surface area contributed by atoms with Crippen molar-refractivity contribution in [3.63, 3.8) is 0 Å². The summed E-state index contributed by atoms with van der Waals surface area (Å²) in [6, 6.07) is 7.33. The van der Waals surface area contributed by atoms with Gasteiger partial charge in [-0.15, -0.1) is 6.58 Å². The molecule has 1 amide bonds. The normalized spacial score (nSPS) is 14.7. The first-order chi connectivity index (χ1) is 14.1. The Balaban J connectivity index is 1.82. The van der Waals surface area contributed by atoms with E-state index in [0.717, 1.165) is 44.3 Å². The molecule has 1 saturated heterocycles. The standard InChI is InChI=1S/C22H23ClN4O2/c1-2-10-27-19(16-8-7-9-17(23)13-16)15-26-14-18(24-20(26)22(27)29)21(28)25-11-5-3-4-6-12-25/h2,7-9,13-15H,1,3-6,10-12H2. The SMILES string of the molecule is C=CCn1c(-c2cccc(Cl)c2)cn2cc(C(=O)N3CCCCCC3)nc2c1=O. The number of nitrogens with zero attached hydrogens (tertiary/aromatic N) is 4. The third kappa shape index (κ3) is 3.85. The lowest BCUT2D eigenvalue weighted by atomic mass is 10.1. The minimum atomic E-state index is -0.266. The summed E-state index contributed by atoms with van der Waals surface area (Å²) >= 11 is 6.15. The first-order valence-electron chi connectivity index (χ1n) is 9.87. The van der Waals surface area contributed by atoms with Crippen molar-refractivity contribution in [2.24, 2.45) is 0 Å². The summed E-state index contributed by atoms with van der Waals surface area (Å²) < 4.78 is 3.24. The molecule has 4 rings (SSSR count). The maximum atomic E-state index is 13.1. The first kappa shape index (κ1) is 19.5. The summed E-state index contributed by atoms with van der Waals surface area (Å²) in [6.45, 7) is 5.57. The molecule has 1 aliphatic rings. The van der Waals surface area contributed by atoms with E-state index in [1.807, 2.05) is 29.3 Å². The van der Waals surface area contributed by atoms with E-state index in [9.17, 15) is 9.59 Å². The molecule has 0 atom stereocenters. The largest absolute Gasteiger partial charge is 0.337 e. The highest BCUT2D eigenvalue weighted by Crippen LogP contribution is 2.23. The van der Waals surface area contributed by atoms with Crippen LogP contribution in [0, 0.1) is 0 Å². The van der Waals surface area contributed by atoms with Gasteiger partial charge in [0.25, 0.3) is 11.5 Å². The smallest absolute Gasteiger partial charge is 0.295 e. The molecule has 1 aliphatic heterocycles. The van der Waals surface area contributed by atoms with Crippen LogP contribution in [0.5, 0.6) is 0 Å². The summed E-state index contributed by atoms with van der Waals surface area (Å²) in [5.41, 5.74) is 1.77. The molecule has 1 aromatic carbocycles. The molecule has 29 heavy (non-hydrogen) atoms. The van der Waals surface area contributed by atoms with Crippen LogP contribution in [0.3, 0.4) is 0 Å². The maximum absolute atomic E-state index is 13.1. The molecule has 6 nitrogen and oxygen atoms in total. The predicted octanol–water partition coefficient (Wildman–Crippen LogP) is 4.02. The average molecular weight is 411 g/mol. The van der Waals surface area contributed by atoms with Gasteiger partial charge in [-0.1, -0.05) is 42.7 Å². The molecule has 0 N–H and O–H groups in total. The zero-order valence-electron chi connectivity index (χ0n) is 16.2. The van der Waals surface area contributed by atoms with Gasteiger partial charge in [-0.3, -0.25) is 18.6 Å². The van der Waals surface area contributed by atoms with Crippen LogP contribution in [0.1, 0.15) is 36.2 Å². The Bertz CT molecular complexity index is 1120. The van der Waals surface area contributed by atoms with Crippen molar-refractivity contribution in [2.45, 2.75) is 32.2 Å². The van der Waals surface area contributed by atoms with Gasteiger partial charge in [0, 0.05) is 42.6 Å². The highest BCUT2D eigenvalue weighted by Gasteiger charge is 2.22. The van der Waals surface area contributed by atoms with Crippen LogP contribution in [0.4, 0.5) is 0 Å². The molecule has 3 heterocycles. The van der Waals surface area contributed by atoms with Crippen molar-refractivity contribution in [1.29, 1.82) is 0 Å². The second-order valence-electron chi connectivity index (χ2n) is 7.29. The maximum Gasteiger partial charge on any atom is 0.295 e. The molecule has 0 bridgehead atoms. The van der Waals surface area contributed by atoms with Crippen molar-refractivity contribution >= 4 is 23.2 Å². The number of carbonyl (C=O) groups is 1. The average Bonchev–Trinajstić information content (AvgIpc) is 2.96. The lowest BCUT2D eigenvalue weighted by Gasteiger charge is -2.18. The van der Waals surface area contributed by atoms with Crippen LogP contribution in [0.25, 0.3) is 16.9 Å². The van der Waals surface area contributed by atoms with Gasteiger partial charge in [-0.05, 0) is 25.0 Å². The van der Waals surface area contributed by atoms with Gasteiger partial charge in [0.1, 0.15) is 5.69 Å². The van der Waals surface area contributed by atoms with E-state index < -0.39 is 0 Å². The number of aromatic nitrogens is 3. The number of benzene rings is 1. The molecule has 0 aliphatic carbocycles. The third-order valence-corrected chi connectivity index (χ3v) is 5.50. The van der Waals surface area contributed by atoms with Crippen molar-refractivity contribution in [3.8, 4) is 11.3 Å². The minimum absolute atomic E-state index is 0.116. The Morgan fingerprint density at radius 1 is 1.17 bits per heavy atom. The number of hydrogen-bond acceptors (Lipinski definition) is 3. The lowest BCUT2D eigenvalue weighted by Crippen LogP contribution is -2.32. The van der Waals surface area contributed by atoms with Gasteiger partial charge in [-0.25, -0.2) is 4.98 Å². The summed E-state index contributed by atoms with van der Waals surface area (Å²) in [7, 11) is 0. The zero-order chi connectivity index (χ0) is 20.4. The summed E-state index contributed by atoms with van der Waals surface area (Å²) in [6.07, 6.45) is 9.43. The Morgan fingerprint density at radius 2 is 1.93 bits per heavy atom. The predicted molar refractivity (Wildman–Crippen MR) is 114 cm³/mol. The quantitative estimate of drug-likeness (QED) is 0.610. The second kappa shape index (κ2) is 8.25. The molecule has 0 radical (unpaired) electrons. The van der Waals surface area contributed by atoms with Gasteiger partial charge in [0.05, 0.1) is 5.69 Å². The van der Waals surface area contributed by atoms with Gasteiger partial charge >= 0.3 is 0 Å². The van der Waals surface area contributed by atoms with E-state index in [4.69, 9.17) is 11.6 Å². The van der Waals surface area contributed by atoms with Crippen molar-refractivity contribution in [1.82, 2.24) is 18.9 Å². The Hall–Kier alpha value is -2.86. The van der Waals surface area contributed by atoms with Crippen molar-refractivity contribution < 1.29 is 4.79 Å². The summed E-state index contributed by atoms with van der Waals surface area (Å²) in [5.74, 6) is -0.116. The molecule has 1 fully saturated rings. The number of rotatable bonds is 4. The zero-order valence-corrected chi connectivity index (χ0v) is 16.9. The molecular formula is C22H23ClN4O2. The van der Waals surface area contributed by atoms with E-state index in [2.05, 4.69) is 11.6 Å². The van der Waals surface area contributed by atoms with Crippen molar-refractivity contribution in [3.05, 3.63) is 70.4 Å². The van der Waals surface area contributed by atoms with Crippen molar-refractivity contribution in [2.75, 3.05) is 13.1 Å². The number of imidazole rings is 1.